The summed E-state index contributed by atoms with van der Waals surface area (Å²) in [5, 5.41) is 2.70. The lowest BCUT2D eigenvalue weighted by Gasteiger charge is -2.05. The van der Waals surface area contributed by atoms with Crippen molar-refractivity contribution in [1.29, 1.82) is 0 Å². The van der Waals surface area contributed by atoms with Crippen molar-refractivity contribution in [3.63, 3.8) is 0 Å². The molecular weight excluding hydrogens is 236 g/mol. The Balaban J connectivity index is 2.40. The lowest BCUT2D eigenvalue weighted by molar-refractivity contribution is 0.167. The average molecular weight is 248 g/mol. The molecule has 18 heavy (non-hydrogen) atoms. The highest BCUT2D eigenvalue weighted by molar-refractivity contribution is 5.86. The summed E-state index contributed by atoms with van der Waals surface area (Å²) in [4.78, 5) is 23.0. The van der Waals surface area contributed by atoms with Crippen LogP contribution in [0.5, 0.6) is 0 Å². The number of hydrogen-bond donors (Lipinski definition) is 2. The van der Waals surface area contributed by atoms with Gasteiger partial charge in [-0.05, 0) is 25.1 Å². The predicted molar refractivity (Wildman–Crippen MR) is 67.5 cm³/mol. The van der Waals surface area contributed by atoms with Crippen molar-refractivity contribution in [2.24, 2.45) is 0 Å². The van der Waals surface area contributed by atoms with Crippen LogP contribution in [-0.4, -0.2) is 12.7 Å². The van der Waals surface area contributed by atoms with Crippen molar-refractivity contribution in [1.82, 2.24) is 0 Å². The lowest BCUT2D eigenvalue weighted by atomic mass is 10.2. The first-order valence-electron chi connectivity index (χ1n) is 5.37. The lowest BCUT2D eigenvalue weighted by Crippen LogP contribution is -2.15. The van der Waals surface area contributed by atoms with Crippen LogP contribution >= 0.6 is 0 Å². The Kier molecular flexibility index (Phi) is 3.18. The molecule has 2 aromatic rings. The molecule has 0 fully saturated rings. The zero-order chi connectivity index (χ0) is 13.1. The molecule has 0 aliphatic carbocycles. The van der Waals surface area contributed by atoms with E-state index in [9.17, 15) is 9.59 Å². The fourth-order valence-corrected chi connectivity index (χ4v) is 1.50. The normalized spacial score (nSPS) is 10.3. The van der Waals surface area contributed by atoms with E-state index in [0.29, 0.717) is 16.7 Å². The second kappa shape index (κ2) is 4.79. The van der Waals surface area contributed by atoms with Gasteiger partial charge in [0, 0.05) is 11.8 Å². The van der Waals surface area contributed by atoms with Crippen molar-refractivity contribution in [3.8, 4) is 0 Å². The van der Waals surface area contributed by atoms with Crippen LogP contribution in [0.1, 0.15) is 6.92 Å². The molecule has 6 nitrogen and oxygen atoms in total. The van der Waals surface area contributed by atoms with Gasteiger partial charge in [0.1, 0.15) is 5.58 Å². The number of amides is 1. The molecule has 0 aliphatic rings. The van der Waals surface area contributed by atoms with E-state index in [0.717, 1.165) is 0 Å². The van der Waals surface area contributed by atoms with Gasteiger partial charge >= 0.3 is 6.09 Å². The van der Waals surface area contributed by atoms with Crippen molar-refractivity contribution in [2.45, 2.75) is 6.92 Å². The smallest absolute Gasteiger partial charge is 0.413 e. The summed E-state index contributed by atoms with van der Waals surface area (Å²) in [5.74, 6) is 0.0377. The number of ether oxygens (including phenoxy) is 1. The third-order valence-corrected chi connectivity index (χ3v) is 2.25. The van der Waals surface area contributed by atoms with E-state index in [2.05, 4.69) is 10.1 Å². The Morgan fingerprint density at radius 1 is 1.44 bits per heavy atom. The molecule has 6 heteroatoms. The zero-order valence-corrected chi connectivity index (χ0v) is 9.73. The molecule has 0 radical (unpaired) electrons. The third-order valence-electron chi connectivity index (χ3n) is 2.25. The van der Waals surface area contributed by atoms with Gasteiger partial charge in [-0.1, -0.05) is 0 Å². The molecular formula is C12H12N2O4. The summed E-state index contributed by atoms with van der Waals surface area (Å²) in [6.07, 6.45) is -0.671. The van der Waals surface area contributed by atoms with Gasteiger partial charge in [-0.3, -0.25) is 10.1 Å². The molecule has 94 valence electrons. The predicted octanol–water partition coefficient (Wildman–Crippen LogP) is 1.94. The third kappa shape index (κ3) is 2.42. The largest absolute Gasteiger partial charge is 0.450 e. The number of anilines is 2. The summed E-state index contributed by atoms with van der Waals surface area (Å²) in [5.41, 5.74) is 6.12. The molecule has 1 aromatic carbocycles. The highest BCUT2D eigenvalue weighted by Gasteiger charge is 2.08. The maximum absolute atomic E-state index is 11.8. The first kappa shape index (κ1) is 12.0. The number of nitrogens with one attached hydrogen (secondary N) is 1. The summed E-state index contributed by atoms with van der Waals surface area (Å²) >= 11 is 0. The molecule has 0 saturated carbocycles. The number of nitrogens with two attached hydrogens (primary N) is 1. The standard InChI is InChI=1S/C12H12N2O4/c1-2-17-12(16)14-11-6-9(15)8-5-7(13)3-4-10(8)18-11/h3-6H,2,13H2,1H3,(H,14,16). The van der Waals surface area contributed by atoms with Gasteiger partial charge in [-0.15, -0.1) is 0 Å². The highest BCUT2D eigenvalue weighted by Crippen LogP contribution is 2.18. The monoisotopic (exact) mass is 248 g/mol. The topological polar surface area (TPSA) is 94.6 Å². The first-order valence-corrected chi connectivity index (χ1v) is 5.37. The molecule has 3 N–H and O–H groups in total. The van der Waals surface area contributed by atoms with E-state index in [1.807, 2.05) is 0 Å². The first-order chi connectivity index (χ1) is 8.60. The van der Waals surface area contributed by atoms with Crippen LogP contribution in [0.15, 0.2) is 33.5 Å². The minimum Gasteiger partial charge on any atom is -0.450 e. The second-order valence-electron chi connectivity index (χ2n) is 3.58. The molecule has 0 bridgehead atoms. The van der Waals surface area contributed by atoms with Crippen molar-refractivity contribution in [3.05, 3.63) is 34.5 Å². The van der Waals surface area contributed by atoms with Crippen LogP contribution in [0.3, 0.4) is 0 Å². The Morgan fingerprint density at radius 2 is 2.22 bits per heavy atom. The van der Waals surface area contributed by atoms with Crippen LogP contribution in [-0.2, 0) is 4.74 Å². The van der Waals surface area contributed by atoms with E-state index in [-0.39, 0.29) is 17.9 Å². The molecule has 0 unspecified atom stereocenters. The quantitative estimate of drug-likeness (QED) is 0.792. The number of carbonyl (C=O) groups is 1. The van der Waals surface area contributed by atoms with Gasteiger partial charge in [-0.2, -0.15) is 0 Å². The van der Waals surface area contributed by atoms with Crippen LogP contribution in [0.25, 0.3) is 11.0 Å². The Morgan fingerprint density at radius 3 is 2.94 bits per heavy atom. The van der Waals surface area contributed by atoms with Crippen molar-refractivity contribution in [2.75, 3.05) is 17.7 Å². The van der Waals surface area contributed by atoms with E-state index in [1.165, 1.54) is 12.1 Å². The second-order valence-corrected chi connectivity index (χ2v) is 3.58. The Bertz CT molecular complexity index is 648. The fraction of sp³-hybridized carbons (Fsp3) is 0.167. The number of benzene rings is 1. The number of carbonyl (C=O) groups excluding carboxylic acids is 1. The van der Waals surface area contributed by atoms with Gasteiger partial charge < -0.3 is 14.9 Å². The average Bonchev–Trinajstić information content (AvgIpc) is 2.30. The maximum Gasteiger partial charge on any atom is 0.413 e. The molecule has 0 atom stereocenters. The Labute approximate surface area is 102 Å². The molecule has 2 rings (SSSR count). The number of nitrogen functional groups attached to an aromatic ring is 1. The molecule has 0 aliphatic heterocycles. The maximum atomic E-state index is 11.8. The van der Waals surface area contributed by atoms with Crippen LogP contribution in [0.4, 0.5) is 16.4 Å². The van der Waals surface area contributed by atoms with Crippen molar-refractivity contribution >= 4 is 28.6 Å². The Hall–Kier alpha value is -2.50. The molecule has 0 saturated heterocycles. The number of rotatable bonds is 2. The van der Waals surface area contributed by atoms with E-state index >= 15 is 0 Å². The summed E-state index contributed by atoms with van der Waals surface area (Å²) < 4.78 is 10.0. The number of fused-ring (bicyclic) bond motifs is 1. The molecule has 1 heterocycles. The fourth-order valence-electron chi connectivity index (χ4n) is 1.50. The molecule has 1 amide bonds. The van der Waals surface area contributed by atoms with E-state index in [4.69, 9.17) is 10.2 Å². The minimum atomic E-state index is -0.671. The van der Waals surface area contributed by atoms with E-state index < -0.39 is 6.09 Å². The summed E-state index contributed by atoms with van der Waals surface area (Å²) in [6, 6.07) is 5.88. The molecule has 1 aromatic heterocycles. The van der Waals surface area contributed by atoms with Crippen LogP contribution < -0.4 is 16.5 Å². The van der Waals surface area contributed by atoms with Gasteiger partial charge in [0.2, 0.25) is 5.88 Å². The summed E-state index contributed by atoms with van der Waals surface area (Å²) in [6.45, 7) is 1.92. The van der Waals surface area contributed by atoms with Gasteiger partial charge in [-0.25, -0.2) is 4.79 Å². The zero-order valence-electron chi connectivity index (χ0n) is 9.73. The van der Waals surface area contributed by atoms with E-state index in [1.54, 1.807) is 19.1 Å². The van der Waals surface area contributed by atoms with Crippen LogP contribution in [0, 0.1) is 0 Å². The molecule has 0 spiro atoms. The van der Waals surface area contributed by atoms with Crippen LogP contribution in [0.2, 0.25) is 0 Å². The van der Waals surface area contributed by atoms with Gasteiger partial charge in [0.25, 0.3) is 0 Å². The highest BCUT2D eigenvalue weighted by atomic mass is 16.5. The van der Waals surface area contributed by atoms with Gasteiger partial charge in [0.05, 0.1) is 12.0 Å². The number of hydrogen-bond acceptors (Lipinski definition) is 5. The SMILES string of the molecule is CCOC(=O)Nc1cc(=O)c2cc(N)ccc2o1. The van der Waals surface area contributed by atoms with Gasteiger partial charge in [0.15, 0.2) is 5.43 Å². The minimum absolute atomic E-state index is 0.0377. The summed E-state index contributed by atoms with van der Waals surface area (Å²) in [7, 11) is 0. The van der Waals surface area contributed by atoms with Crippen molar-refractivity contribution < 1.29 is 13.9 Å².